The molecule has 2 aromatic carbocycles. The minimum atomic E-state index is -0.742. The summed E-state index contributed by atoms with van der Waals surface area (Å²) in [5, 5.41) is 9.42. The van der Waals surface area contributed by atoms with Gasteiger partial charge in [0.25, 0.3) is 0 Å². The van der Waals surface area contributed by atoms with Crippen molar-refractivity contribution in [3.05, 3.63) is 70.8 Å². The molecule has 1 atom stereocenters. The summed E-state index contributed by atoms with van der Waals surface area (Å²) in [4.78, 5) is 21.0. The Morgan fingerprint density at radius 3 is 2.71 bits per heavy atom. The first kappa shape index (κ1) is 27.5. The van der Waals surface area contributed by atoms with Gasteiger partial charge in [0.2, 0.25) is 0 Å². The monoisotopic (exact) mass is 557 g/mol. The maximum Gasteiger partial charge on any atom is 0.308 e. The zero-order chi connectivity index (χ0) is 28.3. The molecule has 3 aliphatic rings. The Bertz CT molecular complexity index is 1390. The second-order valence-corrected chi connectivity index (χ2v) is 11.4. The zero-order valence-corrected chi connectivity index (χ0v) is 24.0. The molecule has 216 valence electrons. The molecule has 1 N–H and O–H groups in total. The normalized spacial score (nSPS) is 19.7. The number of ether oxygens (including phenoxy) is 3. The number of carboxylic acids is 1. The lowest BCUT2D eigenvalue weighted by Crippen LogP contribution is -2.42. The third kappa shape index (κ3) is 5.90. The number of anilines is 1. The summed E-state index contributed by atoms with van der Waals surface area (Å²) >= 11 is 0. The third-order valence-electron chi connectivity index (χ3n) is 8.78. The largest absolute Gasteiger partial charge is 0.496 e. The Hall–Kier alpha value is -3.62. The summed E-state index contributed by atoms with van der Waals surface area (Å²) in [6, 6.07) is 17.0. The van der Waals surface area contributed by atoms with Gasteiger partial charge in [-0.3, -0.25) is 9.69 Å². The van der Waals surface area contributed by atoms with Crippen molar-refractivity contribution in [3.63, 3.8) is 0 Å². The molecule has 3 aromatic rings. The Labute approximate surface area is 241 Å². The van der Waals surface area contributed by atoms with Crippen molar-refractivity contribution >= 4 is 11.8 Å². The smallest absolute Gasteiger partial charge is 0.308 e. The highest BCUT2D eigenvalue weighted by molar-refractivity contribution is 5.73. The number of aliphatic carboxylic acids is 1. The number of carboxylic acid groups (broad SMARTS) is 1. The summed E-state index contributed by atoms with van der Waals surface area (Å²) < 4.78 is 18.0. The number of benzene rings is 2. The fourth-order valence-corrected chi connectivity index (χ4v) is 6.46. The number of aryl methyl sites for hydroxylation is 1. The molecule has 0 radical (unpaired) electrons. The molecule has 2 saturated heterocycles. The number of hydrogen-bond acceptors (Lipinski definition) is 7. The molecule has 1 unspecified atom stereocenters. The number of hydrogen-bond donors (Lipinski definition) is 1. The van der Waals surface area contributed by atoms with E-state index in [0.29, 0.717) is 32.2 Å². The average Bonchev–Trinajstić information content (AvgIpc) is 3.51. The molecule has 1 aromatic heterocycles. The van der Waals surface area contributed by atoms with Crippen molar-refractivity contribution in [1.29, 1.82) is 0 Å². The van der Waals surface area contributed by atoms with Crippen molar-refractivity contribution in [2.45, 2.75) is 51.8 Å². The van der Waals surface area contributed by atoms with Gasteiger partial charge in [0.05, 0.1) is 18.7 Å². The molecule has 0 spiro atoms. The van der Waals surface area contributed by atoms with Gasteiger partial charge in [0.15, 0.2) is 0 Å². The molecule has 0 amide bonds. The predicted molar refractivity (Wildman–Crippen MR) is 158 cm³/mol. The van der Waals surface area contributed by atoms with Gasteiger partial charge in [-0.05, 0) is 73.6 Å². The van der Waals surface area contributed by atoms with Crippen LogP contribution in [-0.4, -0.2) is 67.0 Å². The number of carbonyl (C=O) groups is 1. The molecule has 8 heteroatoms. The van der Waals surface area contributed by atoms with Crippen LogP contribution in [0.15, 0.2) is 48.5 Å². The first-order valence-corrected chi connectivity index (χ1v) is 14.7. The highest BCUT2D eigenvalue weighted by Crippen LogP contribution is 2.36. The van der Waals surface area contributed by atoms with Crippen molar-refractivity contribution in [2.24, 2.45) is 5.92 Å². The maximum absolute atomic E-state index is 11.5. The van der Waals surface area contributed by atoms with Crippen molar-refractivity contribution < 1.29 is 24.1 Å². The Balaban J connectivity index is 1.20. The topological polar surface area (TPSA) is 84.4 Å². The van der Waals surface area contributed by atoms with Crippen LogP contribution in [0.2, 0.25) is 0 Å². The minimum Gasteiger partial charge on any atom is -0.496 e. The molecular formula is C33H39N3O5. The molecule has 41 heavy (non-hydrogen) atoms. The van der Waals surface area contributed by atoms with Crippen LogP contribution in [0.5, 0.6) is 11.5 Å². The van der Waals surface area contributed by atoms with E-state index >= 15 is 0 Å². The number of nitrogens with zero attached hydrogens (tertiary/aromatic N) is 3. The Morgan fingerprint density at radius 1 is 1.10 bits per heavy atom. The summed E-state index contributed by atoms with van der Waals surface area (Å²) in [5.74, 6) is 1.45. The van der Waals surface area contributed by atoms with Gasteiger partial charge in [0.1, 0.15) is 23.9 Å². The number of para-hydroxylation sites is 1. The van der Waals surface area contributed by atoms with E-state index in [-0.39, 0.29) is 5.92 Å². The fraction of sp³-hybridized carbons (Fsp3) is 0.455. The van der Waals surface area contributed by atoms with Crippen LogP contribution < -0.4 is 14.4 Å². The minimum absolute atomic E-state index is 0.350. The van der Waals surface area contributed by atoms with Crippen molar-refractivity contribution in [1.82, 2.24) is 9.88 Å². The summed E-state index contributed by atoms with van der Waals surface area (Å²) in [5.41, 5.74) is 6.51. The van der Waals surface area contributed by atoms with E-state index in [1.807, 2.05) is 30.3 Å². The van der Waals surface area contributed by atoms with Crippen LogP contribution in [0.3, 0.4) is 0 Å². The number of aromatic nitrogens is 1. The van der Waals surface area contributed by atoms with Crippen LogP contribution in [-0.2, 0) is 29.1 Å². The van der Waals surface area contributed by atoms with Crippen molar-refractivity contribution in [3.8, 4) is 22.8 Å². The lowest BCUT2D eigenvalue weighted by Gasteiger charge is -2.38. The van der Waals surface area contributed by atoms with E-state index in [1.54, 1.807) is 7.11 Å². The van der Waals surface area contributed by atoms with Crippen LogP contribution in [0.25, 0.3) is 11.3 Å². The van der Waals surface area contributed by atoms with E-state index in [0.717, 1.165) is 85.3 Å². The first-order chi connectivity index (χ1) is 20.0. The number of fused-ring (bicyclic) bond motifs is 1. The molecule has 6 rings (SSSR count). The van der Waals surface area contributed by atoms with Crippen LogP contribution in [0.1, 0.15) is 41.5 Å². The standard InChI is InChI=1S/C33H39N3O5/c1-22-5-3-6-27(29-7-4-8-31(34-29)36-14-10-25(19-36)33(37)38)32(22)41-21-23-17-24-9-13-35(26-11-15-40-16-12-26)20-28(24)30(18-23)39-2/h3-8,17-18,25-26H,9-16,19-21H2,1-2H3,(H,37,38). The molecule has 4 heterocycles. The van der Waals surface area contributed by atoms with Gasteiger partial charge < -0.3 is 24.2 Å². The number of methoxy groups -OCH3 is 1. The third-order valence-corrected chi connectivity index (χ3v) is 8.78. The zero-order valence-electron chi connectivity index (χ0n) is 24.0. The summed E-state index contributed by atoms with van der Waals surface area (Å²) in [6.07, 6.45) is 3.84. The molecule has 0 saturated carbocycles. The van der Waals surface area contributed by atoms with Gasteiger partial charge >= 0.3 is 5.97 Å². The second kappa shape index (κ2) is 12.1. The first-order valence-electron chi connectivity index (χ1n) is 14.7. The summed E-state index contributed by atoms with van der Waals surface area (Å²) in [7, 11) is 1.75. The number of rotatable bonds is 8. The van der Waals surface area contributed by atoms with E-state index in [9.17, 15) is 9.90 Å². The van der Waals surface area contributed by atoms with E-state index in [1.165, 1.54) is 11.1 Å². The van der Waals surface area contributed by atoms with Crippen LogP contribution in [0, 0.1) is 12.8 Å². The highest BCUT2D eigenvalue weighted by Gasteiger charge is 2.29. The van der Waals surface area contributed by atoms with Gasteiger partial charge in [-0.15, -0.1) is 0 Å². The molecule has 0 aliphatic carbocycles. The predicted octanol–water partition coefficient (Wildman–Crippen LogP) is 5.09. The van der Waals surface area contributed by atoms with Gasteiger partial charge in [0, 0.05) is 56.6 Å². The van der Waals surface area contributed by atoms with Gasteiger partial charge in [-0.25, -0.2) is 4.98 Å². The quantitative estimate of drug-likeness (QED) is 0.410. The van der Waals surface area contributed by atoms with Gasteiger partial charge in [-0.2, -0.15) is 0 Å². The van der Waals surface area contributed by atoms with Gasteiger partial charge in [-0.1, -0.05) is 24.3 Å². The van der Waals surface area contributed by atoms with E-state index in [4.69, 9.17) is 19.2 Å². The van der Waals surface area contributed by atoms with Crippen molar-refractivity contribution in [2.75, 3.05) is 44.9 Å². The Morgan fingerprint density at radius 2 is 1.93 bits per heavy atom. The lowest BCUT2D eigenvalue weighted by molar-refractivity contribution is -0.140. The molecule has 2 fully saturated rings. The number of pyridine rings is 1. The molecule has 0 bridgehead atoms. The summed E-state index contributed by atoms with van der Waals surface area (Å²) in [6.45, 7) is 7.33. The van der Waals surface area contributed by atoms with Crippen LogP contribution >= 0.6 is 0 Å². The maximum atomic E-state index is 11.5. The lowest BCUT2D eigenvalue weighted by atomic mass is 9.94. The van der Waals surface area contributed by atoms with Crippen LogP contribution in [0.4, 0.5) is 5.82 Å². The SMILES string of the molecule is COc1cc(COc2c(C)cccc2-c2cccc(N3CCC(C(=O)O)C3)n2)cc2c1CN(C1CCOCC1)CC2. The molecule has 3 aliphatic heterocycles. The second-order valence-electron chi connectivity index (χ2n) is 11.4. The molecule has 8 nitrogen and oxygen atoms in total. The fourth-order valence-electron chi connectivity index (χ4n) is 6.46. The molecular weight excluding hydrogens is 518 g/mol. The van der Waals surface area contributed by atoms with E-state index < -0.39 is 5.97 Å². The average molecular weight is 558 g/mol. The highest BCUT2D eigenvalue weighted by atomic mass is 16.5. The van der Waals surface area contributed by atoms with E-state index in [2.05, 4.69) is 34.9 Å². The Kier molecular flexibility index (Phi) is 8.12.